The van der Waals surface area contributed by atoms with Crippen LogP contribution in [-0.2, 0) is 6.42 Å². The van der Waals surface area contributed by atoms with Gasteiger partial charge in [0.15, 0.2) is 0 Å². The highest BCUT2D eigenvalue weighted by molar-refractivity contribution is 6.21. The molecule has 1 aliphatic heterocycles. The summed E-state index contributed by atoms with van der Waals surface area (Å²) in [4.78, 5) is 0. The minimum atomic E-state index is 0.634. The van der Waals surface area contributed by atoms with Gasteiger partial charge < -0.3 is 4.74 Å². The van der Waals surface area contributed by atoms with Crippen molar-refractivity contribution in [3.8, 4) is 28.0 Å². The average Bonchev–Trinajstić information content (AvgIpc) is 2.97. The number of hydrogen-bond donors (Lipinski definition) is 0. The van der Waals surface area contributed by atoms with Crippen LogP contribution in [0.5, 0.6) is 5.75 Å². The second-order valence-corrected chi connectivity index (χ2v) is 8.56. The van der Waals surface area contributed by atoms with Gasteiger partial charge in [-0.2, -0.15) is 0 Å². The van der Waals surface area contributed by atoms with E-state index in [0.29, 0.717) is 5.76 Å². The molecule has 0 aliphatic carbocycles. The van der Waals surface area contributed by atoms with Crippen LogP contribution in [0.3, 0.4) is 0 Å². The molecule has 1 heterocycles. The first-order valence-electron chi connectivity index (χ1n) is 11.6. The molecule has 0 amide bonds. The lowest BCUT2D eigenvalue weighted by molar-refractivity contribution is 0.444. The molecule has 6 rings (SSSR count). The maximum absolute atomic E-state index is 6.39. The summed E-state index contributed by atoms with van der Waals surface area (Å²) in [6.45, 7) is 4.13. The Morgan fingerprint density at radius 2 is 1.21 bits per heavy atom. The molecule has 5 aromatic rings. The third-order valence-corrected chi connectivity index (χ3v) is 6.46. The standard InChI is InChI=1S/C33H24O/c1-23-13-4-2-7-16-25-17-12-22-30(33(25)34-23)32-28-20-10-8-18-26(28)31(24-14-5-3-6-15-24)27-19-9-11-21-29(27)32/h2-15,17-22H,1,16H2/b7-2-,13-4-. The monoisotopic (exact) mass is 436 g/mol. The van der Waals surface area contributed by atoms with Crippen LogP contribution in [0.2, 0.25) is 0 Å². The minimum absolute atomic E-state index is 0.634. The van der Waals surface area contributed by atoms with Crippen LogP contribution in [0.15, 0.2) is 134 Å². The molecular weight excluding hydrogens is 412 g/mol. The first-order valence-corrected chi connectivity index (χ1v) is 11.6. The van der Waals surface area contributed by atoms with E-state index in [1.165, 1.54) is 38.2 Å². The Labute approximate surface area is 200 Å². The van der Waals surface area contributed by atoms with Crippen molar-refractivity contribution >= 4 is 21.5 Å². The molecule has 0 atom stereocenters. The maximum atomic E-state index is 6.39. The molecule has 0 N–H and O–H groups in total. The summed E-state index contributed by atoms with van der Waals surface area (Å²) >= 11 is 0. The summed E-state index contributed by atoms with van der Waals surface area (Å²) in [7, 11) is 0. The normalized spacial score (nSPS) is 15.1. The minimum Gasteiger partial charge on any atom is -0.457 e. The fourth-order valence-corrected chi connectivity index (χ4v) is 5.00. The van der Waals surface area contributed by atoms with Gasteiger partial charge in [0.1, 0.15) is 11.5 Å². The first-order chi connectivity index (χ1) is 16.8. The summed E-state index contributed by atoms with van der Waals surface area (Å²) in [6, 6.07) is 34.5. The molecule has 0 bridgehead atoms. The van der Waals surface area contributed by atoms with E-state index in [-0.39, 0.29) is 0 Å². The second-order valence-electron chi connectivity index (χ2n) is 8.56. The van der Waals surface area contributed by atoms with Gasteiger partial charge in [-0.3, -0.25) is 0 Å². The van der Waals surface area contributed by atoms with E-state index in [0.717, 1.165) is 23.3 Å². The Morgan fingerprint density at radius 1 is 0.588 bits per heavy atom. The van der Waals surface area contributed by atoms with Gasteiger partial charge in [-0.1, -0.05) is 122 Å². The molecule has 1 nitrogen and oxygen atoms in total. The SMILES string of the molecule is C=C1/C=C\C=C/Cc2cccc(-c3c4ccccc4c(-c4ccccc4)c4ccccc34)c2O1. The number of fused-ring (bicyclic) bond motifs is 3. The lowest BCUT2D eigenvalue weighted by atomic mass is 9.85. The highest BCUT2D eigenvalue weighted by atomic mass is 16.5. The molecule has 1 aliphatic rings. The molecule has 0 aromatic heterocycles. The van der Waals surface area contributed by atoms with Crippen molar-refractivity contribution in [1.29, 1.82) is 0 Å². The molecule has 0 fully saturated rings. The van der Waals surface area contributed by atoms with Gasteiger partial charge in [0.05, 0.1) is 0 Å². The first kappa shape index (κ1) is 20.3. The molecular formula is C33H24O. The molecule has 0 saturated heterocycles. The molecule has 0 saturated carbocycles. The van der Waals surface area contributed by atoms with Crippen LogP contribution in [-0.4, -0.2) is 0 Å². The summed E-state index contributed by atoms with van der Waals surface area (Å²) in [5.74, 6) is 1.52. The van der Waals surface area contributed by atoms with E-state index in [2.05, 4.69) is 116 Å². The van der Waals surface area contributed by atoms with Crippen molar-refractivity contribution in [2.75, 3.05) is 0 Å². The van der Waals surface area contributed by atoms with Crippen LogP contribution in [0.25, 0.3) is 43.8 Å². The number of ether oxygens (including phenoxy) is 1. The predicted molar refractivity (Wildman–Crippen MR) is 144 cm³/mol. The largest absolute Gasteiger partial charge is 0.457 e. The van der Waals surface area contributed by atoms with Crippen LogP contribution >= 0.6 is 0 Å². The van der Waals surface area contributed by atoms with Gasteiger partial charge in [0, 0.05) is 11.1 Å². The summed E-state index contributed by atoms with van der Waals surface area (Å²) in [6.07, 6.45) is 8.91. The number of rotatable bonds is 2. The van der Waals surface area contributed by atoms with Gasteiger partial charge >= 0.3 is 0 Å². The maximum Gasteiger partial charge on any atom is 0.138 e. The lowest BCUT2D eigenvalue weighted by Gasteiger charge is -2.21. The van der Waals surface area contributed by atoms with E-state index < -0.39 is 0 Å². The van der Waals surface area contributed by atoms with Gasteiger partial charge in [0.25, 0.3) is 0 Å². The van der Waals surface area contributed by atoms with Crippen LogP contribution in [0.1, 0.15) is 5.56 Å². The van der Waals surface area contributed by atoms with E-state index >= 15 is 0 Å². The molecule has 0 unspecified atom stereocenters. The van der Waals surface area contributed by atoms with E-state index in [9.17, 15) is 0 Å². The zero-order chi connectivity index (χ0) is 22.9. The number of para-hydroxylation sites is 1. The fourth-order valence-electron chi connectivity index (χ4n) is 5.00. The van der Waals surface area contributed by atoms with Crippen molar-refractivity contribution in [2.45, 2.75) is 6.42 Å². The quantitative estimate of drug-likeness (QED) is 0.251. The molecule has 34 heavy (non-hydrogen) atoms. The average molecular weight is 437 g/mol. The Balaban J connectivity index is 1.75. The Kier molecular flexibility index (Phi) is 5.08. The summed E-state index contributed by atoms with van der Waals surface area (Å²) in [5.41, 5.74) is 5.93. The van der Waals surface area contributed by atoms with Gasteiger partial charge in [-0.05, 0) is 50.7 Å². The van der Waals surface area contributed by atoms with Crippen LogP contribution < -0.4 is 4.74 Å². The van der Waals surface area contributed by atoms with E-state index in [4.69, 9.17) is 4.74 Å². The number of allylic oxidation sites excluding steroid dienone is 4. The smallest absolute Gasteiger partial charge is 0.138 e. The predicted octanol–water partition coefficient (Wildman–Crippen LogP) is 8.89. The molecule has 1 heteroatoms. The van der Waals surface area contributed by atoms with Crippen molar-refractivity contribution in [3.05, 3.63) is 139 Å². The third-order valence-electron chi connectivity index (χ3n) is 6.46. The van der Waals surface area contributed by atoms with E-state index in [1.807, 2.05) is 12.2 Å². The molecule has 0 radical (unpaired) electrons. The van der Waals surface area contributed by atoms with Crippen molar-refractivity contribution in [2.24, 2.45) is 0 Å². The Bertz CT molecular complexity index is 1550. The van der Waals surface area contributed by atoms with Crippen molar-refractivity contribution in [3.63, 3.8) is 0 Å². The molecule has 0 spiro atoms. The van der Waals surface area contributed by atoms with Gasteiger partial charge in [-0.15, -0.1) is 0 Å². The summed E-state index contributed by atoms with van der Waals surface area (Å²) < 4.78 is 6.39. The summed E-state index contributed by atoms with van der Waals surface area (Å²) in [5, 5.41) is 4.91. The van der Waals surface area contributed by atoms with Crippen molar-refractivity contribution < 1.29 is 4.74 Å². The zero-order valence-electron chi connectivity index (χ0n) is 18.9. The number of benzene rings is 5. The molecule has 162 valence electrons. The Hall–Kier alpha value is -4.36. The third kappa shape index (κ3) is 3.43. The highest BCUT2D eigenvalue weighted by Gasteiger charge is 2.20. The topological polar surface area (TPSA) is 9.23 Å². The fraction of sp³-hybridized carbons (Fsp3) is 0.0303. The Morgan fingerprint density at radius 3 is 1.88 bits per heavy atom. The molecule has 5 aromatic carbocycles. The zero-order valence-corrected chi connectivity index (χ0v) is 18.9. The van der Waals surface area contributed by atoms with E-state index in [1.54, 1.807) is 0 Å². The van der Waals surface area contributed by atoms with Gasteiger partial charge in [0.2, 0.25) is 0 Å². The second kappa shape index (κ2) is 8.53. The van der Waals surface area contributed by atoms with Crippen LogP contribution in [0.4, 0.5) is 0 Å². The number of hydrogen-bond acceptors (Lipinski definition) is 1. The van der Waals surface area contributed by atoms with Crippen LogP contribution in [0, 0.1) is 0 Å². The van der Waals surface area contributed by atoms with Gasteiger partial charge in [-0.25, -0.2) is 0 Å². The lowest BCUT2D eigenvalue weighted by Crippen LogP contribution is -1.99. The van der Waals surface area contributed by atoms with Crippen molar-refractivity contribution in [1.82, 2.24) is 0 Å². The highest BCUT2D eigenvalue weighted by Crippen LogP contribution is 2.46.